The van der Waals surface area contributed by atoms with Gasteiger partial charge in [-0.2, -0.15) is 0 Å². The van der Waals surface area contributed by atoms with Crippen molar-refractivity contribution in [2.24, 2.45) is 11.8 Å². The first-order valence-corrected chi connectivity index (χ1v) is 11.0. The van der Waals surface area contributed by atoms with Crippen molar-refractivity contribution in [2.75, 3.05) is 19.8 Å². The predicted molar refractivity (Wildman–Crippen MR) is 97.1 cm³/mol. The summed E-state index contributed by atoms with van der Waals surface area (Å²) in [5, 5.41) is -0.0740. The summed E-state index contributed by atoms with van der Waals surface area (Å²) in [5.41, 5.74) is 0. The second-order valence-corrected chi connectivity index (χ2v) is 10.3. The third-order valence-corrected chi connectivity index (χ3v) is 8.15. The molecule has 0 saturated heterocycles. The van der Waals surface area contributed by atoms with Crippen molar-refractivity contribution in [2.45, 2.75) is 86.1 Å². The molecule has 0 aliphatic heterocycles. The molecule has 1 unspecified atom stereocenters. The van der Waals surface area contributed by atoms with Gasteiger partial charge in [0.2, 0.25) is 0 Å². The van der Waals surface area contributed by atoms with Crippen molar-refractivity contribution in [3.8, 4) is 0 Å². The molecule has 0 aliphatic carbocycles. The molecular formula is C18H40O3Si. The van der Waals surface area contributed by atoms with Crippen LogP contribution in [-0.2, 0) is 13.3 Å². The Morgan fingerprint density at radius 3 is 1.36 bits per heavy atom. The molecule has 0 aliphatic rings. The van der Waals surface area contributed by atoms with E-state index in [2.05, 4.69) is 55.4 Å². The highest BCUT2D eigenvalue weighted by atomic mass is 28.4. The summed E-state index contributed by atoms with van der Waals surface area (Å²) < 4.78 is 19.1. The Hall–Kier alpha value is 0.0969. The lowest BCUT2D eigenvalue weighted by Gasteiger charge is -2.47. The maximum Gasteiger partial charge on any atom is 0.507 e. The van der Waals surface area contributed by atoms with Crippen LogP contribution in [-0.4, -0.2) is 28.6 Å². The zero-order chi connectivity index (χ0) is 17.2. The monoisotopic (exact) mass is 332 g/mol. The van der Waals surface area contributed by atoms with Gasteiger partial charge in [-0.1, -0.05) is 61.8 Å². The maximum absolute atomic E-state index is 6.38. The zero-order valence-electron chi connectivity index (χ0n) is 16.3. The lowest BCUT2D eigenvalue weighted by atomic mass is 9.83. The van der Waals surface area contributed by atoms with Crippen LogP contribution in [0.15, 0.2) is 0 Å². The summed E-state index contributed by atoms with van der Waals surface area (Å²) in [6.07, 6.45) is 4.11. The molecule has 0 spiro atoms. The lowest BCUT2D eigenvalue weighted by molar-refractivity contribution is 0.0211. The number of hydrogen-bond acceptors (Lipinski definition) is 3. The Morgan fingerprint density at radius 1 is 0.773 bits per heavy atom. The van der Waals surface area contributed by atoms with E-state index in [1.807, 2.05) is 0 Å². The van der Waals surface area contributed by atoms with E-state index in [-0.39, 0.29) is 5.04 Å². The molecule has 1 atom stereocenters. The Bertz CT molecular complexity index is 258. The topological polar surface area (TPSA) is 27.7 Å². The fraction of sp³-hybridized carbons (Fsp3) is 1.00. The number of hydrogen-bond donors (Lipinski definition) is 0. The second kappa shape index (κ2) is 10.8. The predicted octanol–water partition coefficient (Wildman–Crippen LogP) is 5.67. The van der Waals surface area contributed by atoms with Gasteiger partial charge in [0.1, 0.15) is 0 Å². The van der Waals surface area contributed by atoms with Crippen LogP contribution in [0, 0.1) is 11.8 Å². The summed E-state index contributed by atoms with van der Waals surface area (Å²) in [5.74, 6) is 1.12. The van der Waals surface area contributed by atoms with Crippen LogP contribution in [0.25, 0.3) is 0 Å². The Labute approximate surface area is 140 Å². The molecule has 0 aromatic heterocycles. The molecule has 0 saturated carbocycles. The van der Waals surface area contributed by atoms with Crippen molar-refractivity contribution in [3.63, 3.8) is 0 Å². The first kappa shape index (κ1) is 22.1. The van der Waals surface area contributed by atoms with Gasteiger partial charge in [0.25, 0.3) is 0 Å². The molecule has 0 amide bonds. The van der Waals surface area contributed by atoms with Crippen LogP contribution in [0.4, 0.5) is 0 Å². The van der Waals surface area contributed by atoms with Gasteiger partial charge >= 0.3 is 8.80 Å². The molecule has 3 nitrogen and oxygen atoms in total. The summed E-state index contributed by atoms with van der Waals surface area (Å²) in [7, 11) is -2.73. The average molecular weight is 333 g/mol. The van der Waals surface area contributed by atoms with Crippen molar-refractivity contribution in [3.05, 3.63) is 0 Å². The third kappa shape index (κ3) is 5.62. The van der Waals surface area contributed by atoms with Gasteiger partial charge in [-0.25, -0.2) is 0 Å². The van der Waals surface area contributed by atoms with E-state index in [1.165, 1.54) is 0 Å². The quantitative estimate of drug-likeness (QED) is 0.407. The molecule has 0 bridgehead atoms. The molecule has 0 N–H and O–H groups in total. The van der Waals surface area contributed by atoms with Gasteiger partial charge in [0.05, 0.1) is 0 Å². The molecule has 0 radical (unpaired) electrons. The second-order valence-electron chi connectivity index (χ2n) is 7.08. The Morgan fingerprint density at radius 2 is 1.14 bits per heavy atom. The summed E-state index contributed by atoms with van der Waals surface area (Å²) >= 11 is 0. The van der Waals surface area contributed by atoms with Crippen molar-refractivity contribution >= 4 is 8.80 Å². The standard InChI is InChI=1S/C18H40O3Si/c1-9-13-19-22(20-14-10-2,21-15-11-3)18(7,8)17(12-4)16(5)6/h16-17H,9-15H2,1-8H3. The highest BCUT2D eigenvalue weighted by Gasteiger charge is 2.59. The molecule has 4 heteroatoms. The van der Waals surface area contributed by atoms with E-state index in [0.29, 0.717) is 11.8 Å². The highest BCUT2D eigenvalue weighted by Crippen LogP contribution is 2.50. The molecule has 0 heterocycles. The first-order valence-electron chi connectivity index (χ1n) is 9.24. The van der Waals surface area contributed by atoms with Gasteiger partial charge in [-0.15, -0.1) is 0 Å². The normalized spacial score (nSPS) is 14.6. The van der Waals surface area contributed by atoms with E-state index in [4.69, 9.17) is 13.3 Å². The van der Waals surface area contributed by atoms with E-state index in [1.54, 1.807) is 0 Å². The van der Waals surface area contributed by atoms with E-state index < -0.39 is 8.80 Å². The summed E-state index contributed by atoms with van der Waals surface area (Å²) in [6, 6.07) is 0. The van der Waals surface area contributed by atoms with Crippen LogP contribution in [0.5, 0.6) is 0 Å². The highest BCUT2D eigenvalue weighted by molar-refractivity contribution is 6.64. The summed E-state index contributed by atoms with van der Waals surface area (Å²) in [6.45, 7) is 20.1. The molecule has 0 fully saturated rings. The van der Waals surface area contributed by atoms with Crippen LogP contribution < -0.4 is 0 Å². The van der Waals surface area contributed by atoms with E-state index in [9.17, 15) is 0 Å². The Balaban J connectivity index is 5.60. The minimum atomic E-state index is -2.73. The zero-order valence-corrected chi connectivity index (χ0v) is 17.3. The van der Waals surface area contributed by atoms with Crippen LogP contribution in [0.2, 0.25) is 5.04 Å². The summed E-state index contributed by atoms with van der Waals surface area (Å²) in [4.78, 5) is 0. The Kier molecular flexibility index (Phi) is 10.8. The van der Waals surface area contributed by atoms with Crippen molar-refractivity contribution in [1.82, 2.24) is 0 Å². The average Bonchev–Trinajstić information content (AvgIpc) is 2.46. The largest absolute Gasteiger partial charge is 0.507 e. The van der Waals surface area contributed by atoms with Gasteiger partial charge in [0, 0.05) is 24.9 Å². The first-order chi connectivity index (χ1) is 10.3. The third-order valence-electron chi connectivity index (χ3n) is 4.45. The van der Waals surface area contributed by atoms with Gasteiger partial charge in [0.15, 0.2) is 0 Å². The molecular weight excluding hydrogens is 292 g/mol. The van der Waals surface area contributed by atoms with Gasteiger partial charge in [-0.05, 0) is 31.1 Å². The van der Waals surface area contributed by atoms with E-state index in [0.717, 1.165) is 45.5 Å². The maximum atomic E-state index is 6.38. The molecule has 22 heavy (non-hydrogen) atoms. The fourth-order valence-electron chi connectivity index (χ4n) is 3.43. The van der Waals surface area contributed by atoms with Crippen LogP contribution in [0.3, 0.4) is 0 Å². The fourth-order valence-corrected chi connectivity index (χ4v) is 7.21. The van der Waals surface area contributed by atoms with Crippen LogP contribution in [0.1, 0.15) is 81.1 Å². The molecule has 0 rings (SSSR count). The number of rotatable bonds is 13. The van der Waals surface area contributed by atoms with Gasteiger partial charge in [-0.3, -0.25) is 0 Å². The molecule has 0 aromatic rings. The van der Waals surface area contributed by atoms with Crippen LogP contribution >= 0.6 is 0 Å². The smallest absolute Gasteiger partial charge is 0.373 e. The van der Waals surface area contributed by atoms with E-state index >= 15 is 0 Å². The molecule has 0 aromatic carbocycles. The minimum Gasteiger partial charge on any atom is -0.373 e. The lowest BCUT2D eigenvalue weighted by Crippen LogP contribution is -2.58. The SMILES string of the molecule is CCCO[Si](OCCC)(OCCC)C(C)(C)C(CC)C(C)C. The van der Waals surface area contributed by atoms with Crippen molar-refractivity contribution < 1.29 is 13.3 Å². The van der Waals surface area contributed by atoms with Gasteiger partial charge < -0.3 is 13.3 Å². The van der Waals surface area contributed by atoms with Crippen molar-refractivity contribution in [1.29, 1.82) is 0 Å². The minimum absolute atomic E-state index is 0.0740. The molecule has 134 valence electrons.